The van der Waals surface area contributed by atoms with Crippen molar-refractivity contribution in [2.45, 2.75) is 0 Å². The summed E-state index contributed by atoms with van der Waals surface area (Å²) in [5.74, 6) is 0.408. The van der Waals surface area contributed by atoms with Crippen molar-refractivity contribution in [3.63, 3.8) is 0 Å². The lowest BCUT2D eigenvalue weighted by molar-refractivity contribution is -0.385. The van der Waals surface area contributed by atoms with Crippen molar-refractivity contribution in [3.8, 4) is 0 Å². The van der Waals surface area contributed by atoms with Gasteiger partial charge in [0.05, 0.1) is 27.7 Å². The van der Waals surface area contributed by atoms with E-state index in [-0.39, 0.29) is 5.69 Å². The van der Waals surface area contributed by atoms with Crippen LogP contribution in [0.15, 0.2) is 60.0 Å². The minimum absolute atomic E-state index is 0.0212. The van der Waals surface area contributed by atoms with E-state index in [9.17, 15) is 10.1 Å². The van der Waals surface area contributed by atoms with Crippen LogP contribution in [0.3, 0.4) is 0 Å². The summed E-state index contributed by atoms with van der Waals surface area (Å²) in [6.45, 7) is 0. The zero-order valence-electron chi connectivity index (χ0n) is 12.8. The lowest BCUT2D eigenvalue weighted by Crippen LogP contribution is -2.00. The molecule has 4 aromatic rings. The minimum Gasteiger partial charge on any atom is -0.277 e. The van der Waals surface area contributed by atoms with Crippen LogP contribution in [0.25, 0.3) is 16.7 Å². The van der Waals surface area contributed by atoms with E-state index in [4.69, 9.17) is 0 Å². The standard InChI is InChI=1S/C16H11N7O2/c24-23(25)13-7-3-1-5-11(13)9-17-20-15-16-21-18-10-22(16)14-8-4-2-6-12(14)19-15/h1-10H,(H,19,20)/b17-9+. The zero-order valence-corrected chi connectivity index (χ0v) is 12.8. The maximum Gasteiger partial charge on any atom is 0.278 e. The first-order valence-corrected chi connectivity index (χ1v) is 7.35. The fraction of sp³-hybridized carbons (Fsp3) is 0. The van der Waals surface area contributed by atoms with Gasteiger partial charge in [-0.15, -0.1) is 10.2 Å². The maximum atomic E-state index is 11.0. The van der Waals surface area contributed by atoms with E-state index in [0.717, 1.165) is 11.0 Å². The van der Waals surface area contributed by atoms with Crippen LogP contribution in [0, 0.1) is 10.1 Å². The summed E-state index contributed by atoms with van der Waals surface area (Å²) in [7, 11) is 0. The van der Waals surface area contributed by atoms with Gasteiger partial charge < -0.3 is 0 Å². The van der Waals surface area contributed by atoms with E-state index < -0.39 is 4.92 Å². The van der Waals surface area contributed by atoms with Crippen molar-refractivity contribution in [1.29, 1.82) is 0 Å². The third kappa shape index (κ3) is 2.63. The molecule has 0 spiro atoms. The van der Waals surface area contributed by atoms with Gasteiger partial charge in [0, 0.05) is 6.07 Å². The van der Waals surface area contributed by atoms with Gasteiger partial charge >= 0.3 is 0 Å². The van der Waals surface area contributed by atoms with Crippen molar-refractivity contribution in [3.05, 3.63) is 70.5 Å². The van der Waals surface area contributed by atoms with Gasteiger partial charge in [0.2, 0.25) is 5.65 Å². The van der Waals surface area contributed by atoms with Crippen LogP contribution in [0.5, 0.6) is 0 Å². The van der Waals surface area contributed by atoms with E-state index in [0.29, 0.717) is 17.0 Å². The quantitative estimate of drug-likeness (QED) is 0.349. The number of hydrogen-bond donors (Lipinski definition) is 1. The Kier molecular flexibility index (Phi) is 3.51. The first kappa shape index (κ1) is 14.7. The summed E-state index contributed by atoms with van der Waals surface area (Å²) >= 11 is 0. The Hall–Kier alpha value is -3.88. The molecule has 0 saturated heterocycles. The number of nitro groups is 1. The zero-order chi connectivity index (χ0) is 17.2. The SMILES string of the molecule is O=[N+]([O-])c1ccccc1/C=N/Nc1nc2ccccc2n2cnnc12. The van der Waals surface area contributed by atoms with Crippen LogP contribution in [0.4, 0.5) is 11.5 Å². The maximum absolute atomic E-state index is 11.0. The highest BCUT2D eigenvalue weighted by Gasteiger charge is 2.11. The average Bonchev–Trinajstić information content (AvgIpc) is 3.12. The first-order chi connectivity index (χ1) is 12.2. The predicted octanol–water partition coefficient (Wildman–Crippen LogP) is 2.63. The Labute approximate surface area is 140 Å². The summed E-state index contributed by atoms with van der Waals surface area (Å²) < 4.78 is 1.80. The second kappa shape index (κ2) is 5.96. The normalized spacial score (nSPS) is 11.4. The lowest BCUT2D eigenvalue weighted by atomic mass is 10.2. The number of para-hydroxylation sites is 3. The molecule has 0 amide bonds. The number of benzene rings is 2. The van der Waals surface area contributed by atoms with Crippen molar-refractivity contribution in [1.82, 2.24) is 19.6 Å². The molecule has 0 aliphatic heterocycles. The number of anilines is 1. The molecule has 0 unspecified atom stereocenters. The highest BCUT2D eigenvalue weighted by atomic mass is 16.6. The molecule has 25 heavy (non-hydrogen) atoms. The van der Waals surface area contributed by atoms with Gasteiger partial charge in [-0.1, -0.05) is 24.3 Å². The van der Waals surface area contributed by atoms with Gasteiger partial charge in [-0.2, -0.15) is 5.10 Å². The fourth-order valence-electron chi connectivity index (χ4n) is 2.51. The topological polar surface area (TPSA) is 111 Å². The van der Waals surface area contributed by atoms with Gasteiger partial charge in [-0.25, -0.2) is 4.98 Å². The minimum atomic E-state index is -0.452. The molecule has 9 nitrogen and oxygen atoms in total. The monoisotopic (exact) mass is 333 g/mol. The lowest BCUT2D eigenvalue weighted by Gasteiger charge is -2.05. The van der Waals surface area contributed by atoms with E-state index in [1.54, 1.807) is 28.9 Å². The van der Waals surface area contributed by atoms with Crippen molar-refractivity contribution >= 4 is 34.4 Å². The van der Waals surface area contributed by atoms with E-state index >= 15 is 0 Å². The molecule has 122 valence electrons. The second-order valence-corrected chi connectivity index (χ2v) is 5.16. The van der Waals surface area contributed by atoms with Gasteiger partial charge in [-0.3, -0.25) is 19.9 Å². The molecule has 0 aliphatic rings. The second-order valence-electron chi connectivity index (χ2n) is 5.16. The number of aromatic nitrogens is 4. The molecular formula is C16H11N7O2. The van der Waals surface area contributed by atoms with Crippen molar-refractivity contribution < 1.29 is 4.92 Å². The molecule has 0 fully saturated rings. The molecule has 2 heterocycles. The van der Waals surface area contributed by atoms with Crippen LogP contribution in [0.1, 0.15) is 5.56 Å². The number of nitrogens with zero attached hydrogens (tertiary/aromatic N) is 6. The number of nitro benzene ring substituents is 1. The summed E-state index contributed by atoms with van der Waals surface area (Å²) in [6.07, 6.45) is 2.97. The van der Waals surface area contributed by atoms with Crippen LogP contribution in [0.2, 0.25) is 0 Å². The van der Waals surface area contributed by atoms with Crippen LogP contribution < -0.4 is 5.43 Å². The Bertz CT molecular complexity index is 1120. The van der Waals surface area contributed by atoms with Crippen LogP contribution in [-0.4, -0.2) is 30.7 Å². The molecule has 0 aliphatic carbocycles. The summed E-state index contributed by atoms with van der Waals surface area (Å²) in [4.78, 5) is 15.1. The Morgan fingerprint density at radius 3 is 2.84 bits per heavy atom. The molecule has 4 rings (SSSR count). The Morgan fingerprint density at radius 2 is 1.96 bits per heavy atom. The van der Waals surface area contributed by atoms with Crippen LogP contribution in [-0.2, 0) is 0 Å². The molecule has 9 heteroatoms. The third-order valence-corrected chi connectivity index (χ3v) is 3.64. The smallest absolute Gasteiger partial charge is 0.277 e. The average molecular weight is 333 g/mol. The van der Waals surface area contributed by atoms with Crippen molar-refractivity contribution in [2.24, 2.45) is 5.10 Å². The number of rotatable bonds is 4. The number of hydrazone groups is 1. The Balaban J connectivity index is 1.71. The molecular weight excluding hydrogens is 322 g/mol. The fourth-order valence-corrected chi connectivity index (χ4v) is 2.51. The van der Waals surface area contributed by atoms with E-state index in [1.807, 2.05) is 24.3 Å². The summed E-state index contributed by atoms with van der Waals surface area (Å²) in [5.41, 5.74) is 5.29. The van der Waals surface area contributed by atoms with Gasteiger partial charge in [-0.05, 0) is 18.2 Å². The molecule has 2 aromatic heterocycles. The molecule has 0 atom stereocenters. The summed E-state index contributed by atoms with van der Waals surface area (Å²) in [5, 5.41) is 23.1. The number of nitrogens with one attached hydrogen (secondary N) is 1. The largest absolute Gasteiger partial charge is 0.278 e. The predicted molar refractivity (Wildman–Crippen MR) is 92.6 cm³/mol. The number of hydrogen-bond acceptors (Lipinski definition) is 7. The van der Waals surface area contributed by atoms with E-state index in [1.165, 1.54) is 12.3 Å². The highest BCUT2D eigenvalue weighted by Crippen LogP contribution is 2.20. The van der Waals surface area contributed by atoms with Gasteiger partial charge in [0.1, 0.15) is 6.33 Å². The van der Waals surface area contributed by atoms with Gasteiger partial charge in [0.15, 0.2) is 5.82 Å². The number of fused-ring (bicyclic) bond motifs is 3. The highest BCUT2D eigenvalue weighted by molar-refractivity contribution is 5.86. The first-order valence-electron chi connectivity index (χ1n) is 7.35. The van der Waals surface area contributed by atoms with E-state index in [2.05, 4.69) is 25.7 Å². The Morgan fingerprint density at radius 1 is 1.16 bits per heavy atom. The molecule has 0 radical (unpaired) electrons. The van der Waals surface area contributed by atoms with Crippen molar-refractivity contribution in [2.75, 3.05) is 5.43 Å². The van der Waals surface area contributed by atoms with Gasteiger partial charge in [0.25, 0.3) is 5.69 Å². The van der Waals surface area contributed by atoms with Crippen LogP contribution >= 0.6 is 0 Å². The molecule has 0 bridgehead atoms. The molecule has 2 aromatic carbocycles. The molecule has 0 saturated carbocycles. The molecule has 1 N–H and O–H groups in total. The third-order valence-electron chi connectivity index (χ3n) is 3.64. The summed E-state index contributed by atoms with van der Waals surface area (Å²) in [6, 6.07) is 13.9.